The first-order valence-corrected chi connectivity index (χ1v) is 8.23. The van der Waals surface area contributed by atoms with E-state index in [1.807, 2.05) is 6.92 Å². The van der Waals surface area contributed by atoms with Gasteiger partial charge in [-0.3, -0.25) is 4.57 Å². The number of fused-ring (bicyclic) bond motifs is 1. The highest BCUT2D eigenvalue weighted by Gasteiger charge is 2.37. The molecule has 0 spiro atoms. The predicted octanol–water partition coefficient (Wildman–Crippen LogP) is 3.10. The van der Waals surface area contributed by atoms with Crippen molar-refractivity contribution < 1.29 is 0 Å². The van der Waals surface area contributed by atoms with Crippen LogP contribution in [0, 0.1) is 11.7 Å². The topological polar surface area (TPSA) is 41.8 Å². The maximum Gasteiger partial charge on any atom is 0.179 e. The zero-order valence-corrected chi connectivity index (χ0v) is 14.3. The van der Waals surface area contributed by atoms with E-state index in [-0.39, 0.29) is 5.54 Å². The van der Waals surface area contributed by atoms with Crippen molar-refractivity contribution in [2.24, 2.45) is 0 Å². The van der Waals surface area contributed by atoms with Crippen molar-refractivity contribution >= 4 is 23.4 Å². The fraction of sp³-hybridized carbons (Fsp3) is 0.733. The smallest absolute Gasteiger partial charge is 0.179 e. The Balaban J connectivity index is 2.12. The molecule has 2 aromatic rings. The minimum absolute atomic E-state index is 0.226. The maximum atomic E-state index is 5.59. The summed E-state index contributed by atoms with van der Waals surface area (Å²) in [5.74, 6) is 0. The zero-order valence-electron chi connectivity index (χ0n) is 13.4. The lowest BCUT2D eigenvalue weighted by Gasteiger charge is -2.36. The Morgan fingerprint density at radius 2 is 2.00 bits per heavy atom. The molecule has 1 N–H and O–H groups in total. The molecular weight excluding hydrogens is 282 g/mol. The number of imidazole rings is 1. The Hall–Kier alpha value is -1.14. The van der Waals surface area contributed by atoms with E-state index in [9.17, 15) is 0 Å². The van der Waals surface area contributed by atoms with Gasteiger partial charge in [0.05, 0.1) is 5.69 Å². The van der Waals surface area contributed by atoms with Gasteiger partial charge in [0.2, 0.25) is 0 Å². The summed E-state index contributed by atoms with van der Waals surface area (Å²) in [6.45, 7) is 5.99. The molecule has 2 aromatic heterocycles. The lowest BCUT2D eigenvalue weighted by Crippen LogP contribution is -2.45. The summed E-state index contributed by atoms with van der Waals surface area (Å²) in [5, 5.41) is 4.62. The van der Waals surface area contributed by atoms with E-state index in [1.165, 1.54) is 25.7 Å². The van der Waals surface area contributed by atoms with Crippen molar-refractivity contribution in [2.45, 2.75) is 58.2 Å². The van der Waals surface area contributed by atoms with Crippen molar-refractivity contribution in [3.05, 3.63) is 10.5 Å². The number of aromatic amines is 1. The number of nitrogens with one attached hydrogen (secondary N) is 1. The zero-order chi connectivity index (χ0) is 15.2. The van der Waals surface area contributed by atoms with Crippen LogP contribution in [-0.2, 0) is 13.1 Å². The van der Waals surface area contributed by atoms with Crippen LogP contribution in [0.4, 0.5) is 0 Å². The van der Waals surface area contributed by atoms with Crippen LogP contribution in [0.2, 0.25) is 0 Å². The summed E-state index contributed by atoms with van der Waals surface area (Å²) < 4.78 is 5.15. The Bertz CT molecular complexity index is 700. The lowest BCUT2D eigenvalue weighted by atomic mass is 9.96. The monoisotopic (exact) mass is 307 g/mol. The molecule has 0 bridgehead atoms. The van der Waals surface area contributed by atoms with Crippen LogP contribution in [0.1, 0.15) is 38.3 Å². The van der Waals surface area contributed by atoms with E-state index in [0.29, 0.717) is 0 Å². The molecule has 1 fully saturated rings. The van der Waals surface area contributed by atoms with Crippen LogP contribution in [-0.4, -0.2) is 43.9 Å². The van der Waals surface area contributed by atoms with Gasteiger partial charge < -0.3 is 9.88 Å². The highest BCUT2D eigenvalue weighted by molar-refractivity contribution is 7.71. The second-order valence-corrected chi connectivity index (χ2v) is 6.83. The second kappa shape index (κ2) is 5.25. The summed E-state index contributed by atoms with van der Waals surface area (Å²) in [6, 6.07) is 0. The van der Waals surface area contributed by atoms with Crippen LogP contribution < -0.4 is 0 Å². The molecule has 0 aromatic carbocycles. The Morgan fingerprint density at radius 3 is 2.57 bits per heavy atom. The quantitative estimate of drug-likeness (QED) is 0.883. The Labute approximate surface area is 130 Å². The first kappa shape index (κ1) is 14.8. The van der Waals surface area contributed by atoms with Crippen molar-refractivity contribution in [2.75, 3.05) is 14.1 Å². The van der Waals surface area contributed by atoms with E-state index in [2.05, 4.69) is 45.3 Å². The minimum Gasteiger partial charge on any atom is -0.328 e. The molecule has 0 saturated heterocycles. The lowest BCUT2D eigenvalue weighted by molar-refractivity contribution is 0.134. The molecule has 0 radical (unpaired) electrons. The van der Waals surface area contributed by atoms with Gasteiger partial charge in [0.15, 0.2) is 10.4 Å². The first-order valence-electron chi connectivity index (χ1n) is 7.82. The van der Waals surface area contributed by atoms with Gasteiger partial charge in [-0.2, -0.15) is 5.10 Å². The maximum absolute atomic E-state index is 5.59. The molecule has 2 heterocycles. The number of likely N-dealkylation sites (N-methyl/N-ethyl adjacent to an activating group) is 1. The van der Waals surface area contributed by atoms with Crippen LogP contribution in [0.3, 0.4) is 0 Å². The third-order valence-electron chi connectivity index (χ3n) is 5.07. The van der Waals surface area contributed by atoms with E-state index in [1.54, 1.807) is 0 Å². The van der Waals surface area contributed by atoms with Gasteiger partial charge in [0, 0.05) is 18.6 Å². The molecule has 3 rings (SSSR count). The molecule has 0 atom stereocenters. The summed E-state index contributed by atoms with van der Waals surface area (Å²) in [4.78, 5) is 5.75. The van der Waals surface area contributed by atoms with Crippen molar-refractivity contribution in [1.29, 1.82) is 0 Å². The average Bonchev–Trinajstić information content (AvgIpc) is 3.10. The van der Waals surface area contributed by atoms with Gasteiger partial charge in [-0.15, -0.1) is 0 Å². The van der Waals surface area contributed by atoms with Gasteiger partial charge in [0.25, 0.3) is 0 Å². The SMILES string of the molecule is CCn1nc(C)c2[nH]c(=S)n(CC3(N(C)C)CCCC3)c21. The molecule has 0 aliphatic heterocycles. The van der Waals surface area contributed by atoms with Crippen LogP contribution in [0.25, 0.3) is 11.2 Å². The van der Waals surface area contributed by atoms with Gasteiger partial charge in [-0.05, 0) is 53.0 Å². The molecule has 1 aliphatic carbocycles. The largest absolute Gasteiger partial charge is 0.328 e. The predicted molar refractivity (Wildman–Crippen MR) is 88.2 cm³/mol. The van der Waals surface area contributed by atoms with E-state index >= 15 is 0 Å². The van der Waals surface area contributed by atoms with E-state index < -0.39 is 0 Å². The highest BCUT2D eigenvalue weighted by atomic mass is 32.1. The van der Waals surface area contributed by atoms with Crippen molar-refractivity contribution in [3.8, 4) is 0 Å². The number of hydrogen-bond acceptors (Lipinski definition) is 3. The van der Waals surface area contributed by atoms with Crippen molar-refractivity contribution in [1.82, 2.24) is 24.2 Å². The molecular formula is C15H25N5S. The molecule has 21 heavy (non-hydrogen) atoms. The molecule has 1 aliphatic rings. The van der Waals surface area contributed by atoms with Gasteiger partial charge >= 0.3 is 0 Å². The fourth-order valence-electron chi connectivity index (χ4n) is 3.70. The van der Waals surface area contributed by atoms with Crippen LogP contribution in [0.5, 0.6) is 0 Å². The van der Waals surface area contributed by atoms with Crippen LogP contribution >= 0.6 is 12.2 Å². The number of H-pyrrole nitrogens is 1. The number of hydrogen-bond donors (Lipinski definition) is 1. The number of aromatic nitrogens is 4. The van der Waals surface area contributed by atoms with E-state index in [4.69, 9.17) is 12.2 Å². The Morgan fingerprint density at radius 1 is 1.33 bits per heavy atom. The van der Waals surface area contributed by atoms with Crippen LogP contribution in [0.15, 0.2) is 0 Å². The summed E-state index contributed by atoms with van der Waals surface area (Å²) >= 11 is 5.59. The molecule has 0 unspecified atom stereocenters. The Kier molecular flexibility index (Phi) is 3.69. The van der Waals surface area contributed by atoms with Gasteiger partial charge in [0.1, 0.15) is 5.52 Å². The number of nitrogens with zero attached hydrogens (tertiary/aromatic N) is 4. The van der Waals surface area contributed by atoms with Crippen molar-refractivity contribution in [3.63, 3.8) is 0 Å². The highest BCUT2D eigenvalue weighted by Crippen LogP contribution is 2.36. The molecule has 0 amide bonds. The third kappa shape index (κ3) is 2.25. The molecule has 1 saturated carbocycles. The molecule has 5 nitrogen and oxygen atoms in total. The van der Waals surface area contributed by atoms with Gasteiger partial charge in [-0.25, -0.2) is 4.68 Å². The number of rotatable bonds is 4. The summed E-state index contributed by atoms with van der Waals surface area (Å²) in [5.41, 5.74) is 3.49. The van der Waals surface area contributed by atoms with E-state index in [0.717, 1.165) is 34.7 Å². The van der Waals surface area contributed by atoms with Gasteiger partial charge in [-0.1, -0.05) is 12.8 Å². The standard InChI is InChI=1S/C15H25N5S/c1-5-20-13-12(11(2)17-20)16-14(21)19(13)10-15(18(3)4)8-6-7-9-15/h5-10H2,1-4H3,(H,16,21). The minimum atomic E-state index is 0.226. The summed E-state index contributed by atoms with van der Waals surface area (Å²) in [6.07, 6.45) is 5.11. The normalized spacial score (nSPS) is 18.1. The first-order chi connectivity index (χ1) is 9.98. The summed E-state index contributed by atoms with van der Waals surface area (Å²) in [7, 11) is 4.39. The fourth-order valence-corrected chi connectivity index (χ4v) is 3.95. The number of aryl methyl sites for hydroxylation is 2. The third-order valence-corrected chi connectivity index (χ3v) is 5.39. The molecule has 6 heteroatoms. The molecule has 116 valence electrons. The average molecular weight is 307 g/mol. The second-order valence-electron chi connectivity index (χ2n) is 6.44.